The molecule has 1 atom stereocenters. The lowest BCUT2D eigenvalue weighted by Gasteiger charge is -2.15. The quantitative estimate of drug-likeness (QED) is 0.694. The fourth-order valence-electron chi connectivity index (χ4n) is 2.12. The van der Waals surface area contributed by atoms with Crippen LogP contribution in [0.15, 0.2) is 48.5 Å². The molecule has 0 spiro atoms. The zero-order valence-electron chi connectivity index (χ0n) is 14.6. The molecular weight excluding hydrogens is 356 g/mol. The van der Waals surface area contributed by atoms with Crippen LogP contribution in [0.25, 0.3) is 0 Å². The molecule has 2 amide bonds. The van der Waals surface area contributed by atoms with Crippen LogP contribution in [0.2, 0.25) is 5.02 Å². The Bertz CT molecular complexity index is 732. The lowest BCUT2D eigenvalue weighted by molar-refractivity contribution is -0.127. The average molecular weight is 377 g/mol. The van der Waals surface area contributed by atoms with Crippen molar-refractivity contribution in [2.45, 2.75) is 13.0 Å². The number of nitrogens with one attached hydrogen (secondary N) is 2. The van der Waals surface area contributed by atoms with Gasteiger partial charge in [0.2, 0.25) is 0 Å². The van der Waals surface area contributed by atoms with Crippen molar-refractivity contribution in [1.82, 2.24) is 10.6 Å². The molecule has 0 fully saturated rings. The van der Waals surface area contributed by atoms with Crippen LogP contribution in [0.4, 0.5) is 0 Å². The van der Waals surface area contributed by atoms with Gasteiger partial charge in [-0.3, -0.25) is 9.59 Å². The minimum atomic E-state index is -0.657. The first-order chi connectivity index (χ1) is 12.5. The van der Waals surface area contributed by atoms with E-state index >= 15 is 0 Å². The van der Waals surface area contributed by atoms with E-state index in [9.17, 15) is 9.59 Å². The van der Waals surface area contributed by atoms with E-state index in [1.165, 1.54) is 0 Å². The minimum Gasteiger partial charge on any atom is -0.497 e. The monoisotopic (exact) mass is 376 g/mol. The third kappa shape index (κ3) is 5.97. The van der Waals surface area contributed by atoms with Gasteiger partial charge in [-0.05, 0) is 55.5 Å². The molecule has 0 radical (unpaired) electrons. The summed E-state index contributed by atoms with van der Waals surface area (Å²) < 4.78 is 10.6. The van der Waals surface area contributed by atoms with Gasteiger partial charge in [0.15, 0.2) is 6.10 Å². The van der Waals surface area contributed by atoms with Gasteiger partial charge in [-0.25, -0.2) is 0 Å². The summed E-state index contributed by atoms with van der Waals surface area (Å²) in [5.74, 6) is 0.801. The van der Waals surface area contributed by atoms with Crippen LogP contribution in [0.5, 0.6) is 11.5 Å². The van der Waals surface area contributed by atoms with Gasteiger partial charge < -0.3 is 20.1 Å². The summed E-state index contributed by atoms with van der Waals surface area (Å²) in [6.07, 6.45) is -0.657. The molecule has 7 heteroatoms. The zero-order valence-corrected chi connectivity index (χ0v) is 15.4. The predicted molar refractivity (Wildman–Crippen MR) is 99.9 cm³/mol. The molecule has 138 valence electrons. The highest BCUT2D eigenvalue weighted by Crippen LogP contribution is 2.18. The fourth-order valence-corrected chi connectivity index (χ4v) is 2.25. The Morgan fingerprint density at radius 1 is 0.962 bits per heavy atom. The van der Waals surface area contributed by atoms with Crippen LogP contribution in [0, 0.1) is 0 Å². The van der Waals surface area contributed by atoms with Crippen molar-refractivity contribution in [3.8, 4) is 11.5 Å². The van der Waals surface area contributed by atoms with Gasteiger partial charge in [-0.1, -0.05) is 11.6 Å². The number of carbonyl (C=O) groups is 2. The fraction of sp³-hybridized carbons (Fsp3) is 0.263. The van der Waals surface area contributed by atoms with E-state index in [2.05, 4.69) is 10.6 Å². The third-order valence-corrected chi connectivity index (χ3v) is 3.81. The van der Waals surface area contributed by atoms with Crippen LogP contribution in [-0.4, -0.2) is 38.1 Å². The van der Waals surface area contributed by atoms with E-state index in [1.807, 2.05) is 0 Å². The highest BCUT2D eigenvalue weighted by molar-refractivity contribution is 6.30. The number of ether oxygens (including phenoxy) is 2. The number of rotatable bonds is 8. The highest BCUT2D eigenvalue weighted by atomic mass is 35.5. The van der Waals surface area contributed by atoms with Crippen molar-refractivity contribution >= 4 is 23.4 Å². The van der Waals surface area contributed by atoms with Gasteiger partial charge in [0.25, 0.3) is 11.8 Å². The van der Waals surface area contributed by atoms with E-state index < -0.39 is 6.10 Å². The Kier molecular flexibility index (Phi) is 7.29. The van der Waals surface area contributed by atoms with Crippen molar-refractivity contribution in [2.75, 3.05) is 20.2 Å². The molecule has 0 aromatic heterocycles. The number of halogens is 1. The summed E-state index contributed by atoms with van der Waals surface area (Å²) in [7, 11) is 1.58. The maximum atomic E-state index is 12.0. The Morgan fingerprint density at radius 2 is 1.54 bits per heavy atom. The maximum Gasteiger partial charge on any atom is 0.260 e. The summed E-state index contributed by atoms with van der Waals surface area (Å²) in [6, 6.07) is 13.6. The third-order valence-electron chi connectivity index (χ3n) is 3.56. The Labute approximate surface area is 157 Å². The first-order valence-electron chi connectivity index (χ1n) is 8.12. The lowest BCUT2D eigenvalue weighted by atomic mass is 10.2. The second kappa shape index (κ2) is 9.68. The average Bonchev–Trinajstić information content (AvgIpc) is 2.66. The SMILES string of the molecule is COc1ccc(OC(C)C(=O)NCCNC(=O)c2ccc(Cl)cc2)cc1. The molecule has 2 aromatic carbocycles. The van der Waals surface area contributed by atoms with Crippen LogP contribution < -0.4 is 20.1 Å². The molecule has 0 aliphatic carbocycles. The highest BCUT2D eigenvalue weighted by Gasteiger charge is 2.14. The van der Waals surface area contributed by atoms with E-state index in [1.54, 1.807) is 62.6 Å². The molecule has 26 heavy (non-hydrogen) atoms. The van der Waals surface area contributed by atoms with Gasteiger partial charge in [-0.15, -0.1) is 0 Å². The second-order valence-electron chi connectivity index (χ2n) is 5.49. The van der Waals surface area contributed by atoms with Gasteiger partial charge in [0.1, 0.15) is 11.5 Å². The zero-order chi connectivity index (χ0) is 18.9. The molecule has 0 bridgehead atoms. The van der Waals surface area contributed by atoms with Crippen molar-refractivity contribution in [3.63, 3.8) is 0 Å². The molecular formula is C19H21ClN2O4. The van der Waals surface area contributed by atoms with Crippen LogP contribution in [0.1, 0.15) is 17.3 Å². The molecule has 0 saturated heterocycles. The number of hydrogen-bond acceptors (Lipinski definition) is 4. The van der Waals surface area contributed by atoms with E-state index in [4.69, 9.17) is 21.1 Å². The molecule has 0 aliphatic heterocycles. The number of carbonyl (C=O) groups excluding carboxylic acids is 2. The van der Waals surface area contributed by atoms with Gasteiger partial charge >= 0.3 is 0 Å². The smallest absolute Gasteiger partial charge is 0.260 e. The molecule has 0 heterocycles. The summed E-state index contributed by atoms with van der Waals surface area (Å²) >= 11 is 5.78. The van der Waals surface area contributed by atoms with Gasteiger partial charge in [0.05, 0.1) is 7.11 Å². The Hall–Kier alpha value is -2.73. The molecule has 2 rings (SSSR count). The summed E-state index contributed by atoms with van der Waals surface area (Å²) in [5, 5.41) is 6.01. The molecule has 2 N–H and O–H groups in total. The van der Waals surface area contributed by atoms with Crippen LogP contribution >= 0.6 is 11.6 Å². The first-order valence-corrected chi connectivity index (χ1v) is 8.49. The number of methoxy groups -OCH3 is 1. The lowest BCUT2D eigenvalue weighted by Crippen LogP contribution is -2.40. The standard InChI is InChI=1S/C19H21ClN2O4/c1-13(26-17-9-7-16(25-2)8-10-17)18(23)21-11-12-22-19(24)14-3-5-15(20)6-4-14/h3-10,13H,11-12H2,1-2H3,(H,21,23)(H,22,24). The van der Waals surface area contributed by atoms with Gasteiger partial charge in [0, 0.05) is 23.7 Å². The van der Waals surface area contributed by atoms with Crippen molar-refractivity contribution in [1.29, 1.82) is 0 Å². The van der Waals surface area contributed by atoms with E-state index in [0.29, 0.717) is 35.2 Å². The van der Waals surface area contributed by atoms with Crippen molar-refractivity contribution in [3.05, 3.63) is 59.1 Å². The first kappa shape index (κ1) is 19.6. The molecule has 2 aromatic rings. The molecule has 0 aliphatic rings. The largest absolute Gasteiger partial charge is 0.497 e. The van der Waals surface area contributed by atoms with Crippen molar-refractivity contribution in [2.24, 2.45) is 0 Å². The normalized spacial score (nSPS) is 11.3. The van der Waals surface area contributed by atoms with E-state index in [-0.39, 0.29) is 11.8 Å². The van der Waals surface area contributed by atoms with Gasteiger partial charge in [-0.2, -0.15) is 0 Å². The number of hydrogen-bond donors (Lipinski definition) is 2. The molecule has 0 saturated carbocycles. The van der Waals surface area contributed by atoms with Crippen molar-refractivity contribution < 1.29 is 19.1 Å². The predicted octanol–water partition coefficient (Wildman–Crippen LogP) is 2.66. The van der Waals surface area contributed by atoms with Crippen LogP contribution in [-0.2, 0) is 4.79 Å². The Balaban J connectivity index is 1.70. The number of amides is 2. The Morgan fingerprint density at radius 3 is 2.15 bits per heavy atom. The molecule has 1 unspecified atom stereocenters. The summed E-state index contributed by atoms with van der Waals surface area (Å²) in [6.45, 7) is 2.27. The minimum absolute atomic E-state index is 0.224. The summed E-state index contributed by atoms with van der Waals surface area (Å²) in [5.41, 5.74) is 0.511. The summed E-state index contributed by atoms with van der Waals surface area (Å²) in [4.78, 5) is 24.0. The van der Waals surface area contributed by atoms with Crippen LogP contribution in [0.3, 0.4) is 0 Å². The van der Waals surface area contributed by atoms with E-state index in [0.717, 1.165) is 0 Å². The number of benzene rings is 2. The topological polar surface area (TPSA) is 76.7 Å². The second-order valence-corrected chi connectivity index (χ2v) is 5.93. The maximum absolute atomic E-state index is 12.0. The molecule has 6 nitrogen and oxygen atoms in total.